The van der Waals surface area contributed by atoms with Gasteiger partial charge >= 0.3 is 5.97 Å². The SMILES string of the molecule is CCC(CC)(CCC(=O)OC)c1cncc(Nc2cc(F)c(F)cc2F)n1. The van der Waals surface area contributed by atoms with Gasteiger partial charge in [-0.15, -0.1) is 0 Å². The van der Waals surface area contributed by atoms with Crippen molar-refractivity contribution in [2.45, 2.75) is 44.9 Å². The molecular weight excluding hydrogens is 359 g/mol. The summed E-state index contributed by atoms with van der Waals surface area (Å²) in [6, 6.07) is 1.19. The van der Waals surface area contributed by atoms with Gasteiger partial charge in [0, 0.05) is 30.2 Å². The fourth-order valence-electron chi connectivity index (χ4n) is 2.98. The van der Waals surface area contributed by atoms with E-state index in [1.165, 1.54) is 13.3 Å². The van der Waals surface area contributed by atoms with Gasteiger partial charge in [0.05, 0.1) is 24.7 Å². The number of esters is 1. The fourth-order valence-corrected chi connectivity index (χ4v) is 2.98. The predicted octanol–water partition coefficient (Wildman–Crippen LogP) is 4.65. The van der Waals surface area contributed by atoms with Crippen LogP contribution in [-0.2, 0) is 14.9 Å². The van der Waals surface area contributed by atoms with Crippen LogP contribution >= 0.6 is 0 Å². The zero-order valence-corrected chi connectivity index (χ0v) is 15.5. The second kappa shape index (κ2) is 8.83. The molecule has 2 aromatic rings. The lowest BCUT2D eigenvalue weighted by molar-refractivity contribution is -0.141. The van der Waals surface area contributed by atoms with Crippen molar-refractivity contribution in [3.8, 4) is 0 Å². The zero-order chi connectivity index (χ0) is 20.0. The molecule has 0 atom stereocenters. The lowest BCUT2D eigenvalue weighted by atomic mass is 9.75. The Bertz CT molecular complexity index is 811. The highest BCUT2D eigenvalue weighted by Crippen LogP contribution is 2.35. The summed E-state index contributed by atoms with van der Waals surface area (Å²) >= 11 is 0. The van der Waals surface area contributed by atoms with Crippen LogP contribution in [0.5, 0.6) is 0 Å². The first kappa shape index (κ1) is 20.7. The zero-order valence-electron chi connectivity index (χ0n) is 15.5. The van der Waals surface area contributed by atoms with Crippen LogP contribution in [0.2, 0.25) is 0 Å². The predicted molar refractivity (Wildman–Crippen MR) is 95.1 cm³/mol. The second-order valence-electron chi connectivity index (χ2n) is 6.22. The number of anilines is 2. The molecule has 27 heavy (non-hydrogen) atoms. The van der Waals surface area contributed by atoms with Crippen molar-refractivity contribution in [3.05, 3.63) is 47.7 Å². The molecular formula is C19H22F3N3O2. The summed E-state index contributed by atoms with van der Waals surface area (Å²) in [6.45, 7) is 3.97. The number of ether oxygens (including phenoxy) is 1. The Morgan fingerprint density at radius 1 is 1.11 bits per heavy atom. The van der Waals surface area contributed by atoms with Crippen LogP contribution in [0.4, 0.5) is 24.7 Å². The number of methoxy groups -OCH3 is 1. The number of nitrogens with one attached hydrogen (secondary N) is 1. The van der Waals surface area contributed by atoms with E-state index in [1.807, 2.05) is 13.8 Å². The highest BCUT2D eigenvalue weighted by Gasteiger charge is 2.31. The molecule has 0 unspecified atom stereocenters. The molecule has 0 aliphatic carbocycles. The van der Waals surface area contributed by atoms with Crippen LogP contribution in [0.3, 0.4) is 0 Å². The summed E-state index contributed by atoms with van der Waals surface area (Å²) < 4.78 is 45.0. The summed E-state index contributed by atoms with van der Waals surface area (Å²) in [5, 5.41) is 2.63. The molecule has 0 fully saturated rings. The van der Waals surface area contributed by atoms with Gasteiger partial charge in [-0.25, -0.2) is 18.2 Å². The third-order valence-corrected chi connectivity index (χ3v) is 4.84. The van der Waals surface area contributed by atoms with E-state index in [4.69, 9.17) is 4.74 Å². The van der Waals surface area contributed by atoms with Crippen molar-refractivity contribution in [2.24, 2.45) is 0 Å². The number of nitrogens with zero attached hydrogens (tertiary/aromatic N) is 2. The molecule has 8 heteroatoms. The van der Waals surface area contributed by atoms with Gasteiger partial charge in [0.2, 0.25) is 0 Å². The Morgan fingerprint density at radius 3 is 2.41 bits per heavy atom. The van der Waals surface area contributed by atoms with E-state index in [-0.39, 0.29) is 23.9 Å². The topological polar surface area (TPSA) is 64.1 Å². The van der Waals surface area contributed by atoms with Gasteiger partial charge in [0.1, 0.15) is 11.6 Å². The molecule has 0 saturated heterocycles. The number of rotatable bonds is 8. The van der Waals surface area contributed by atoms with Crippen LogP contribution in [-0.4, -0.2) is 23.0 Å². The molecule has 0 aliphatic heterocycles. The van der Waals surface area contributed by atoms with E-state index in [2.05, 4.69) is 15.3 Å². The average molecular weight is 381 g/mol. The van der Waals surface area contributed by atoms with Crippen molar-refractivity contribution in [2.75, 3.05) is 12.4 Å². The summed E-state index contributed by atoms with van der Waals surface area (Å²) in [7, 11) is 1.34. The van der Waals surface area contributed by atoms with Crippen LogP contribution in [0.25, 0.3) is 0 Å². The Kier molecular flexibility index (Phi) is 6.76. The highest BCUT2D eigenvalue weighted by atomic mass is 19.2. The standard InChI is InChI=1S/C19H22F3N3O2/c1-4-19(5-2,7-6-18(26)27-3)16-10-23-11-17(25-16)24-15-9-13(21)12(20)8-14(15)22/h8-11H,4-7H2,1-3H3,(H,24,25). The maximum atomic E-state index is 13.9. The highest BCUT2D eigenvalue weighted by molar-refractivity contribution is 5.69. The number of hydrogen-bond acceptors (Lipinski definition) is 5. The smallest absolute Gasteiger partial charge is 0.305 e. The molecule has 0 aliphatic rings. The molecule has 146 valence electrons. The minimum absolute atomic E-state index is 0.196. The van der Waals surface area contributed by atoms with E-state index in [0.29, 0.717) is 31.0 Å². The van der Waals surface area contributed by atoms with E-state index >= 15 is 0 Å². The summed E-state index contributed by atoms with van der Waals surface area (Å²) in [5.74, 6) is -3.49. The number of halogens is 3. The molecule has 0 radical (unpaired) electrons. The van der Waals surface area contributed by atoms with Gasteiger partial charge in [-0.2, -0.15) is 0 Å². The average Bonchev–Trinajstić information content (AvgIpc) is 2.67. The Morgan fingerprint density at radius 2 is 1.78 bits per heavy atom. The van der Waals surface area contributed by atoms with E-state index in [0.717, 1.165) is 6.07 Å². The molecule has 1 N–H and O–H groups in total. The van der Waals surface area contributed by atoms with E-state index < -0.39 is 22.9 Å². The molecule has 0 saturated carbocycles. The van der Waals surface area contributed by atoms with Crippen molar-refractivity contribution in [1.29, 1.82) is 0 Å². The Hall–Kier alpha value is -2.64. The summed E-state index contributed by atoms with van der Waals surface area (Å²) in [5.41, 5.74) is -0.0243. The van der Waals surface area contributed by atoms with Gasteiger partial charge in [0.15, 0.2) is 11.6 Å². The lowest BCUT2D eigenvalue weighted by Crippen LogP contribution is -2.27. The normalized spacial score (nSPS) is 11.3. The number of benzene rings is 1. The van der Waals surface area contributed by atoms with Gasteiger partial charge in [-0.3, -0.25) is 9.78 Å². The van der Waals surface area contributed by atoms with Crippen LogP contribution in [0, 0.1) is 17.5 Å². The molecule has 2 rings (SSSR count). The summed E-state index contributed by atoms with van der Waals surface area (Å²) in [6.07, 6.45) is 5.12. The molecule has 0 spiro atoms. The molecule has 0 amide bonds. The third kappa shape index (κ3) is 4.75. The van der Waals surface area contributed by atoms with E-state index in [9.17, 15) is 18.0 Å². The first-order chi connectivity index (χ1) is 12.8. The minimum Gasteiger partial charge on any atom is -0.469 e. The Labute approximate surface area is 156 Å². The van der Waals surface area contributed by atoms with Crippen molar-refractivity contribution < 1.29 is 22.7 Å². The third-order valence-electron chi connectivity index (χ3n) is 4.84. The minimum atomic E-state index is -1.27. The van der Waals surface area contributed by atoms with Crippen molar-refractivity contribution in [3.63, 3.8) is 0 Å². The van der Waals surface area contributed by atoms with Gasteiger partial charge in [-0.05, 0) is 19.3 Å². The fraction of sp³-hybridized carbons (Fsp3) is 0.421. The number of carbonyl (C=O) groups excluding carboxylic acids is 1. The van der Waals surface area contributed by atoms with Crippen LogP contribution in [0.1, 0.15) is 45.2 Å². The molecule has 1 heterocycles. The van der Waals surface area contributed by atoms with Gasteiger partial charge in [-0.1, -0.05) is 13.8 Å². The van der Waals surface area contributed by atoms with Crippen LogP contribution < -0.4 is 5.32 Å². The van der Waals surface area contributed by atoms with E-state index in [1.54, 1.807) is 6.20 Å². The summed E-state index contributed by atoms with van der Waals surface area (Å²) in [4.78, 5) is 20.1. The maximum absolute atomic E-state index is 13.9. The lowest BCUT2D eigenvalue weighted by Gasteiger charge is -2.30. The van der Waals surface area contributed by atoms with Gasteiger partial charge < -0.3 is 10.1 Å². The number of carbonyl (C=O) groups is 1. The molecule has 1 aromatic heterocycles. The van der Waals surface area contributed by atoms with Crippen molar-refractivity contribution in [1.82, 2.24) is 9.97 Å². The van der Waals surface area contributed by atoms with Gasteiger partial charge in [0.25, 0.3) is 0 Å². The number of aromatic nitrogens is 2. The first-order valence-corrected chi connectivity index (χ1v) is 8.66. The largest absolute Gasteiger partial charge is 0.469 e. The molecule has 0 bridgehead atoms. The number of hydrogen-bond donors (Lipinski definition) is 1. The maximum Gasteiger partial charge on any atom is 0.305 e. The second-order valence-corrected chi connectivity index (χ2v) is 6.22. The van der Waals surface area contributed by atoms with Crippen molar-refractivity contribution >= 4 is 17.5 Å². The first-order valence-electron chi connectivity index (χ1n) is 8.66. The molecule has 1 aromatic carbocycles. The molecule has 5 nitrogen and oxygen atoms in total. The van der Waals surface area contributed by atoms with Crippen LogP contribution in [0.15, 0.2) is 24.5 Å². The monoisotopic (exact) mass is 381 g/mol. The Balaban J connectivity index is 2.31. The quantitative estimate of drug-likeness (QED) is 0.533.